The number of carbonyl (C=O) groups is 2. The third kappa shape index (κ3) is 3.59. The minimum absolute atomic E-state index is 0.0162. The number of aromatic hydroxyl groups is 1. The number of ketones is 1. The van der Waals surface area contributed by atoms with Crippen LogP contribution in [0.25, 0.3) is 5.52 Å². The zero-order valence-corrected chi connectivity index (χ0v) is 14.6. The number of aromatic nitrogens is 2. The van der Waals surface area contributed by atoms with E-state index in [2.05, 4.69) is 0 Å². The number of halogens is 3. The predicted octanol–water partition coefficient (Wildman–Crippen LogP) is 1.47. The second kappa shape index (κ2) is 7.09. The molecule has 29 heavy (non-hydrogen) atoms. The van der Waals surface area contributed by atoms with Crippen molar-refractivity contribution in [2.45, 2.75) is 18.8 Å². The lowest BCUT2D eigenvalue weighted by atomic mass is 10.1. The summed E-state index contributed by atoms with van der Waals surface area (Å²) in [6.07, 6.45) is -3.23. The van der Waals surface area contributed by atoms with E-state index in [-0.39, 0.29) is 17.6 Å². The highest BCUT2D eigenvalue weighted by Crippen LogP contribution is 2.30. The molecule has 0 spiro atoms. The van der Waals surface area contributed by atoms with Crippen molar-refractivity contribution in [1.82, 2.24) is 9.20 Å². The van der Waals surface area contributed by atoms with Gasteiger partial charge in [0, 0.05) is 6.20 Å². The minimum atomic E-state index is -4.59. The summed E-state index contributed by atoms with van der Waals surface area (Å²) < 4.78 is 40.9. The van der Waals surface area contributed by atoms with Crippen molar-refractivity contribution in [2.75, 3.05) is 0 Å². The van der Waals surface area contributed by atoms with Gasteiger partial charge in [-0.2, -0.15) is 13.2 Å². The van der Waals surface area contributed by atoms with Gasteiger partial charge in [-0.3, -0.25) is 18.9 Å². The Balaban J connectivity index is 2.19. The largest absolute Gasteiger partial charge is 0.505 e. The summed E-state index contributed by atoms with van der Waals surface area (Å²) in [5.74, 6) is -3.78. The average Bonchev–Trinajstić information content (AvgIpc) is 3.14. The number of hydrogen-bond donors (Lipinski definition) is 3. The Bertz CT molecular complexity index is 1180. The highest BCUT2D eigenvalue weighted by Gasteiger charge is 2.32. The summed E-state index contributed by atoms with van der Waals surface area (Å²) >= 11 is 0. The molecule has 3 aromatic rings. The van der Waals surface area contributed by atoms with Gasteiger partial charge in [0.25, 0.3) is 5.56 Å². The van der Waals surface area contributed by atoms with Crippen molar-refractivity contribution in [3.63, 3.8) is 0 Å². The van der Waals surface area contributed by atoms with Crippen molar-refractivity contribution in [2.24, 2.45) is 5.73 Å². The first-order valence-corrected chi connectivity index (χ1v) is 8.14. The first-order chi connectivity index (χ1) is 13.5. The van der Waals surface area contributed by atoms with E-state index in [9.17, 15) is 32.7 Å². The third-order valence-electron chi connectivity index (χ3n) is 4.30. The minimum Gasteiger partial charge on any atom is -0.505 e. The second-order valence-corrected chi connectivity index (χ2v) is 6.20. The van der Waals surface area contributed by atoms with E-state index < -0.39 is 46.4 Å². The Labute approximate surface area is 160 Å². The molecule has 0 fully saturated rings. The molecule has 1 aromatic carbocycles. The summed E-state index contributed by atoms with van der Waals surface area (Å²) in [5.41, 5.74) is 2.50. The van der Waals surface area contributed by atoms with Crippen LogP contribution in [0.1, 0.15) is 21.5 Å². The number of benzene rings is 1. The Morgan fingerprint density at radius 3 is 2.48 bits per heavy atom. The van der Waals surface area contributed by atoms with Gasteiger partial charge in [0.1, 0.15) is 11.1 Å². The summed E-state index contributed by atoms with van der Waals surface area (Å²) in [7, 11) is 0. The van der Waals surface area contributed by atoms with E-state index in [1.54, 1.807) is 0 Å². The van der Waals surface area contributed by atoms with E-state index >= 15 is 0 Å². The number of alkyl halides is 3. The maximum Gasteiger partial charge on any atom is 0.416 e. The number of carbonyl (C=O) groups excluding carboxylic acids is 1. The normalized spacial score (nSPS) is 12.8. The van der Waals surface area contributed by atoms with Crippen LogP contribution in [0.15, 0.2) is 47.4 Å². The van der Waals surface area contributed by atoms with E-state index in [0.717, 1.165) is 21.3 Å². The molecule has 3 rings (SSSR count). The molecule has 2 heterocycles. The Kier molecular flexibility index (Phi) is 4.93. The van der Waals surface area contributed by atoms with Gasteiger partial charge < -0.3 is 15.9 Å². The van der Waals surface area contributed by atoms with E-state index in [4.69, 9.17) is 10.8 Å². The molecule has 2 aromatic heterocycles. The molecular formula is C18H14F3N3O5. The number of carboxylic acid groups (broad SMARTS) is 1. The number of nitrogens with zero attached hydrogens (tertiary/aromatic N) is 2. The van der Waals surface area contributed by atoms with Crippen LogP contribution in [-0.4, -0.2) is 37.2 Å². The number of rotatable bonds is 5. The van der Waals surface area contributed by atoms with E-state index in [1.165, 1.54) is 30.5 Å². The van der Waals surface area contributed by atoms with Crippen molar-refractivity contribution in [1.29, 1.82) is 0 Å². The molecule has 4 N–H and O–H groups in total. The topological polar surface area (TPSA) is 127 Å². The quantitative estimate of drug-likeness (QED) is 0.433. The highest BCUT2D eigenvalue weighted by atomic mass is 19.4. The molecule has 11 heteroatoms. The van der Waals surface area contributed by atoms with Crippen LogP contribution in [-0.2, 0) is 17.5 Å². The van der Waals surface area contributed by atoms with Crippen LogP contribution < -0.4 is 11.3 Å². The zero-order valence-electron chi connectivity index (χ0n) is 14.6. The maximum atomic E-state index is 13.0. The molecule has 8 nitrogen and oxygen atoms in total. The molecule has 0 saturated carbocycles. The SMILES string of the molecule is NC(C(=O)O)C(=O)c1c(O)c2cccn2n(Cc2cccc(C(F)(F)F)c2)c1=O. The summed E-state index contributed by atoms with van der Waals surface area (Å²) in [6, 6.07) is 4.93. The third-order valence-corrected chi connectivity index (χ3v) is 4.30. The fourth-order valence-corrected chi connectivity index (χ4v) is 2.88. The molecule has 152 valence electrons. The molecule has 0 radical (unpaired) electrons. The van der Waals surface area contributed by atoms with Gasteiger partial charge >= 0.3 is 12.1 Å². The Morgan fingerprint density at radius 2 is 1.86 bits per heavy atom. The van der Waals surface area contributed by atoms with Crippen molar-refractivity contribution in [3.8, 4) is 5.75 Å². The summed E-state index contributed by atoms with van der Waals surface area (Å²) in [4.78, 5) is 36.2. The molecule has 0 aliphatic carbocycles. The number of hydrogen-bond acceptors (Lipinski definition) is 5. The number of carboxylic acids is 1. The van der Waals surface area contributed by atoms with Gasteiger partial charge in [-0.15, -0.1) is 0 Å². The summed E-state index contributed by atoms with van der Waals surface area (Å²) in [5, 5.41) is 19.2. The lowest BCUT2D eigenvalue weighted by Gasteiger charge is -2.16. The van der Waals surface area contributed by atoms with Crippen LogP contribution in [0.2, 0.25) is 0 Å². The van der Waals surface area contributed by atoms with Crippen molar-refractivity contribution < 1.29 is 33.0 Å². The molecule has 0 aliphatic rings. The monoisotopic (exact) mass is 409 g/mol. The predicted molar refractivity (Wildman–Crippen MR) is 93.8 cm³/mol. The first kappa shape index (κ1) is 20.1. The maximum absolute atomic E-state index is 13.0. The molecule has 0 amide bonds. The number of fused-ring (bicyclic) bond motifs is 1. The van der Waals surface area contributed by atoms with E-state index in [1.807, 2.05) is 0 Å². The van der Waals surface area contributed by atoms with Gasteiger partial charge in [0.05, 0.1) is 12.1 Å². The van der Waals surface area contributed by atoms with E-state index in [0.29, 0.717) is 0 Å². The number of aliphatic carboxylic acids is 1. The second-order valence-electron chi connectivity index (χ2n) is 6.20. The van der Waals surface area contributed by atoms with Crippen LogP contribution in [0.4, 0.5) is 13.2 Å². The van der Waals surface area contributed by atoms with Crippen LogP contribution in [0.5, 0.6) is 5.75 Å². The van der Waals surface area contributed by atoms with Crippen LogP contribution >= 0.6 is 0 Å². The van der Waals surface area contributed by atoms with Gasteiger partial charge in [-0.1, -0.05) is 12.1 Å². The smallest absolute Gasteiger partial charge is 0.416 e. The fourth-order valence-electron chi connectivity index (χ4n) is 2.88. The first-order valence-electron chi connectivity index (χ1n) is 8.14. The zero-order chi connectivity index (χ0) is 21.5. The average molecular weight is 409 g/mol. The molecule has 1 unspecified atom stereocenters. The highest BCUT2D eigenvalue weighted by molar-refractivity contribution is 6.13. The molecule has 0 aliphatic heterocycles. The van der Waals surface area contributed by atoms with Gasteiger partial charge in [0.2, 0.25) is 0 Å². The molecule has 1 atom stereocenters. The lowest BCUT2D eigenvalue weighted by molar-refractivity contribution is -0.138. The van der Waals surface area contributed by atoms with Crippen molar-refractivity contribution >= 4 is 17.3 Å². The summed E-state index contributed by atoms with van der Waals surface area (Å²) in [6.45, 7) is -0.378. The molecule has 0 bridgehead atoms. The van der Waals surface area contributed by atoms with Gasteiger partial charge in [-0.05, 0) is 29.8 Å². The Morgan fingerprint density at radius 1 is 1.17 bits per heavy atom. The van der Waals surface area contributed by atoms with Crippen LogP contribution in [0, 0.1) is 0 Å². The number of Topliss-reactive ketones (excluding diaryl/α,β-unsaturated/α-hetero) is 1. The Hall–Kier alpha value is -3.60. The molecule has 0 saturated heterocycles. The fraction of sp³-hybridized carbons (Fsp3) is 0.167. The standard InChI is InChI=1S/C18H14F3N3O5/c19-18(20,21)10-4-1-3-9(7-10)8-24-16(27)12(15(26)13(22)17(28)29)14(25)11-5-2-6-23(11)24/h1-7,13,25H,8,22H2,(H,28,29). The van der Waals surface area contributed by atoms with Gasteiger partial charge in [-0.25, -0.2) is 4.68 Å². The van der Waals surface area contributed by atoms with Crippen molar-refractivity contribution in [3.05, 3.63) is 69.6 Å². The number of nitrogens with two attached hydrogens (primary N) is 1. The lowest BCUT2D eigenvalue weighted by Crippen LogP contribution is -2.42. The van der Waals surface area contributed by atoms with Gasteiger partial charge in [0.15, 0.2) is 17.6 Å². The van der Waals surface area contributed by atoms with Crippen LogP contribution in [0.3, 0.4) is 0 Å². The molecular weight excluding hydrogens is 395 g/mol.